The predicted octanol–water partition coefficient (Wildman–Crippen LogP) is 3.21. The Hall–Kier alpha value is -1.09. The lowest BCUT2D eigenvalue weighted by atomic mass is 9.85. The molecular weight excluding hydrogens is 234 g/mol. The highest BCUT2D eigenvalue weighted by Crippen LogP contribution is 2.29. The molecule has 1 saturated carbocycles. The zero-order valence-electron chi connectivity index (χ0n) is 12.7. The molecule has 1 fully saturated rings. The van der Waals surface area contributed by atoms with E-state index in [1.165, 1.54) is 30.5 Å². The molecule has 1 N–H and O–H groups in total. The Morgan fingerprint density at radius 2 is 2.11 bits per heavy atom. The number of aromatic nitrogens is 1. The van der Waals surface area contributed by atoms with Crippen molar-refractivity contribution in [2.75, 3.05) is 18.5 Å². The molecule has 1 aromatic heterocycles. The lowest BCUT2D eigenvalue weighted by molar-refractivity contribution is 0.321. The SMILES string of the molecule is CN(CC1CCC1)c1cnccc1CNC(C)(C)C. The summed E-state index contributed by atoms with van der Waals surface area (Å²) >= 11 is 0. The number of anilines is 1. The lowest BCUT2D eigenvalue weighted by Gasteiger charge is -2.32. The highest BCUT2D eigenvalue weighted by molar-refractivity contribution is 5.51. The Morgan fingerprint density at radius 3 is 2.68 bits per heavy atom. The van der Waals surface area contributed by atoms with Gasteiger partial charge in [0.15, 0.2) is 0 Å². The Labute approximate surface area is 117 Å². The van der Waals surface area contributed by atoms with Gasteiger partial charge in [0.05, 0.1) is 11.9 Å². The number of hydrogen-bond acceptors (Lipinski definition) is 3. The van der Waals surface area contributed by atoms with Crippen LogP contribution in [-0.4, -0.2) is 24.1 Å². The number of nitrogens with zero attached hydrogens (tertiary/aromatic N) is 2. The standard InChI is InChI=1S/C16H27N3/c1-16(2,3)18-10-14-8-9-17-11-15(14)19(4)12-13-6-5-7-13/h8-9,11,13,18H,5-7,10,12H2,1-4H3. The molecule has 3 heteroatoms. The Bertz CT molecular complexity index is 405. The van der Waals surface area contributed by atoms with Gasteiger partial charge in [0, 0.05) is 31.9 Å². The van der Waals surface area contributed by atoms with Crippen LogP contribution in [0.5, 0.6) is 0 Å². The highest BCUT2D eigenvalue weighted by atomic mass is 15.1. The van der Waals surface area contributed by atoms with Crippen molar-refractivity contribution in [2.45, 2.75) is 52.1 Å². The lowest BCUT2D eigenvalue weighted by Crippen LogP contribution is -2.36. The van der Waals surface area contributed by atoms with Gasteiger partial charge < -0.3 is 10.2 Å². The van der Waals surface area contributed by atoms with Gasteiger partial charge in [-0.2, -0.15) is 0 Å². The van der Waals surface area contributed by atoms with Gasteiger partial charge in [0.25, 0.3) is 0 Å². The fourth-order valence-corrected chi connectivity index (χ4v) is 2.43. The summed E-state index contributed by atoms with van der Waals surface area (Å²) in [6.45, 7) is 8.66. The first-order valence-corrected chi connectivity index (χ1v) is 7.35. The number of nitrogens with one attached hydrogen (secondary N) is 1. The minimum Gasteiger partial charge on any atom is -0.373 e. The molecule has 0 amide bonds. The van der Waals surface area contributed by atoms with Crippen molar-refractivity contribution >= 4 is 5.69 Å². The molecule has 0 spiro atoms. The fourth-order valence-electron chi connectivity index (χ4n) is 2.43. The van der Waals surface area contributed by atoms with Gasteiger partial charge in [0.1, 0.15) is 0 Å². The maximum atomic E-state index is 4.29. The third kappa shape index (κ3) is 4.20. The van der Waals surface area contributed by atoms with Crippen LogP contribution in [0.4, 0.5) is 5.69 Å². The van der Waals surface area contributed by atoms with Crippen LogP contribution in [0.3, 0.4) is 0 Å². The Morgan fingerprint density at radius 1 is 1.37 bits per heavy atom. The van der Waals surface area contributed by atoms with Crippen LogP contribution in [0.15, 0.2) is 18.5 Å². The van der Waals surface area contributed by atoms with E-state index in [1.54, 1.807) is 0 Å². The molecule has 0 unspecified atom stereocenters. The summed E-state index contributed by atoms with van der Waals surface area (Å²) in [7, 11) is 2.19. The molecule has 0 saturated heterocycles. The average Bonchev–Trinajstić information content (AvgIpc) is 2.30. The molecule has 1 heterocycles. The van der Waals surface area contributed by atoms with Gasteiger partial charge >= 0.3 is 0 Å². The predicted molar refractivity (Wildman–Crippen MR) is 81.4 cm³/mol. The quantitative estimate of drug-likeness (QED) is 0.882. The molecule has 3 nitrogen and oxygen atoms in total. The van der Waals surface area contributed by atoms with E-state index in [4.69, 9.17) is 0 Å². The maximum absolute atomic E-state index is 4.29. The van der Waals surface area contributed by atoms with E-state index in [0.29, 0.717) is 0 Å². The van der Waals surface area contributed by atoms with E-state index in [1.807, 2.05) is 12.4 Å². The number of rotatable bonds is 5. The van der Waals surface area contributed by atoms with Crippen LogP contribution >= 0.6 is 0 Å². The number of pyridine rings is 1. The topological polar surface area (TPSA) is 28.2 Å². The summed E-state index contributed by atoms with van der Waals surface area (Å²) in [4.78, 5) is 6.66. The van der Waals surface area contributed by atoms with Gasteiger partial charge in [-0.05, 0) is 51.2 Å². The smallest absolute Gasteiger partial charge is 0.0595 e. The van der Waals surface area contributed by atoms with Crippen LogP contribution in [0.1, 0.15) is 45.6 Å². The van der Waals surface area contributed by atoms with Crippen LogP contribution in [0.2, 0.25) is 0 Å². The summed E-state index contributed by atoms with van der Waals surface area (Å²) < 4.78 is 0. The first-order valence-electron chi connectivity index (χ1n) is 7.35. The normalized spacial score (nSPS) is 16.2. The highest BCUT2D eigenvalue weighted by Gasteiger charge is 2.20. The van der Waals surface area contributed by atoms with Gasteiger partial charge in [-0.3, -0.25) is 4.98 Å². The fraction of sp³-hybridized carbons (Fsp3) is 0.688. The van der Waals surface area contributed by atoms with E-state index in [-0.39, 0.29) is 5.54 Å². The maximum Gasteiger partial charge on any atom is 0.0595 e. The second-order valence-corrected chi connectivity index (χ2v) is 6.79. The Kier molecular flexibility index (Phi) is 4.46. The molecule has 0 aromatic carbocycles. The first kappa shape index (κ1) is 14.3. The van der Waals surface area contributed by atoms with E-state index in [2.05, 4.69) is 49.1 Å². The molecule has 0 atom stereocenters. The molecule has 2 rings (SSSR count). The molecule has 1 aromatic rings. The van der Waals surface area contributed by atoms with Crippen LogP contribution in [0.25, 0.3) is 0 Å². The third-order valence-electron chi connectivity index (χ3n) is 3.86. The molecular formula is C16H27N3. The third-order valence-corrected chi connectivity index (χ3v) is 3.86. The summed E-state index contributed by atoms with van der Waals surface area (Å²) in [5.41, 5.74) is 2.76. The van der Waals surface area contributed by atoms with Crippen molar-refractivity contribution in [1.29, 1.82) is 0 Å². The molecule has 0 aliphatic heterocycles. The van der Waals surface area contributed by atoms with Crippen molar-refractivity contribution < 1.29 is 0 Å². The monoisotopic (exact) mass is 261 g/mol. The zero-order chi connectivity index (χ0) is 13.9. The van der Waals surface area contributed by atoms with Crippen molar-refractivity contribution in [2.24, 2.45) is 5.92 Å². The molecule has 0 bridgehead atoms. The summed E-state index contributed by atoms with van der Waals surface area (Å²) in [5.74, 6) is 0.883. The van der Waals surface area contributed by atoms with Crippen molar-refractivity contribution in [3.05, 3.63) is 24.0 Å². The summed E-state index contributed by atoms with van der Waals surface area (Å²) in [6, 6.07) is 2.13. The van der Waals surface area contributed by atoms with Crippen molar-refractivity contribution in [1.82, 2.24) is 10.3 Å². The van der Waals surface area contributed by atoms with Gasteiger partial charge in [-0.1, -0.05) is 6.42 Å². The zero-order valence-corrected chi connectivity index (χ0v) is 12.7. The van der Waals surface area contributed by atoms with Crippen molar-refractivity contribution in [3.63, 3.8) is 0 Å². The van der Waals surface area contributed by atoms with Gasteiger partial charge in [-0.15, -0.1) is 0 Å². The van der Waals surface area contributed by atoms with E-state index in [0.717, 1.165) is 19.0 Å². The summed E-state index contributed by atoms with van der Waals surface area (Å²) in [6.07, 6.45) is 8.07. The molecule has 1 aliphatic rings. The Balaban J connectivity index is 2.02. The first-order chi connectivity index (χ1) is 8.96. The second-order valence-electron chi connectivity index (χ2n) is 6.79. The van der Waals surface area contributed by atoms with E-state index < -0.39 is 0 Å². The molecule has 19 heavy (non-hydrogen) atoms. The van der Waals surface area contributed by atoms with E-state index in [9.17, 15) is 0 Å². The minimum absolute atomic E-state index is 0.146. The van der Waals surface area contributed by atoms with Crippen LogP contribution < -0.4 is 10.2 Å². The van der Waals surface area contributed by atoms with Gasteiger partial charge in [0.2, 0.25) is 0 Å². The largest absolute Gasteiger partial charge is 0.373 e. The second kappa shape index (κ2) is 5.91. The average molecular weight is 261 g/mol. The van der Waals surface area contributed by atoms with E-state index >= 15 is 0 Å². The number of hydrogen-bond donors (Lipinski definition) is 1. The summed E-state index contributed by atoms with van der Waals surface area (Å²) in [5, 5.41) is 3.56. The van der Waals surface area contributed by atoms with Crippen molar-refractivity contribution in [3.8, 4) is 0 Å². The van der Waals surface area contributed by atoms with Crippen LogP contribution in [-0.2, 0) is 6.54 Å². The van der Waals surface area contributed by atoms with Crippen LogP contribution in [0, 0.1) is 5.92 Å². The molecule has 1 aliphatic carbocycles. The van der Waals surface area contributed by atoms with Gasteiger partial charge in [-0.25, -0.2) is 0 Å². The molecule has 0 radical (unpaired) electrons. The molecule has 106 valence electrons. The minimum atomic E-state index is 0.146.